The third-order valence-electron chi connectivity index (χ3n) is 6.72. The van der Waals surface area contributed by atoms with Crippen LogP contribution in [0.15, 0.2) is 72.8 Å². The molecule has 0 saturated carbocycles. The Labute approximate surface area is 234 Å². The minimum atomic E-state index is -1.26. The number of hydrogen-bond acceptors (Lipinski definition) is 4. The zero-order chi connectivity index (χ0) is 29.3. The average molecular weight is 541 g/mol. The first-order chi connectivity index (χ1) is 19.7. The molecule has 0 atom stereocenters. The van der Waals surface area contributed by atoms with Crippen molar-refractivity contribution in [3.63, 3.8) is 0 Å². The van der Waals surface area contributed by atoms with Crippen LogP contribution in [0.2, 0.25) is 0 Å². The number of carbonyl (C=O) groups excluding carboxylic acids is 2. The van der Waals surface area contributed by atoms with Crippen molar-refractivity contribution in [2.45, 2.75) is 6.42 Å². The molecule has 0 unspecified atom stereocenters. The Balaban J connectivity index is 1.34. The fourth-order valence-corrected chi connectivity index (χ4v) is 4.78. The molecule has 41 heavy (non-hydrogen) atoms. The van der Waals surface area contributed by atoms with Crippen molar-refractivity contribution >= 4 is 35.1 Å². The lowest BCUT2D eigenvalue weighted by atomic mass is 10.0. The zero-order valence-electron chi connectivity index (χ0n) is 21.3. The van der Waals surface area contributed by atoms with Crippen LogP contribution in [-0.4, -0.2) is 34.0 Å². The summed E-state index contributed by atoms with van der Waals surface area (Å²) in [7, 11) is 0. The van der Waals surface area contributed by atoms with Gasteiger partial charge in [-0.2, -0.15) is 0 Å². The Hall–Kier alpha value is -6.12. The second-order valence-corrected chi connectivity index (χ2v) is 9.25. The lowest BCUT2D eigenvalue weighted by molar-refractivity contribution is 0.0683. The fourth-order valence-electron chi connectivity index (χ4n) is 4.78. The smallest absolute Gasteiger partial charge is 0.336 e. The Bertz CT molecular complexity index is 1750. The van der Waals surface area contributed by atoms with Crippen molar-refractivity contribution in [3.8, 4) is 35.8 Å². The molecule has 0 radical (unpaired) electrons. The van der Waals surface area contributed by atoms with Crippen LogP contribution >= 0.6 is 0 Å². The number of rotatable bonds is 6. The van der Waals surface area contributed by atoms with Crippen LogP contribution in [-0.2, 0) is 6.42 Å². The molecule has 4 N–H and O–H groups in total. The van der Waals surface area contributed by atoms with Gasteiger partial charge in [0.2, 0.25) is 0 Å². The standard InChI is InChI=1S/C33H20N2O6/c1-3-18-5-9-26(28(13-18)32(38)39)30(36)34-22-7-11-24-20(16-22)15-21-17-23(8-12-25(21)24)35-31(37)27-10-6-19(4-2)14-29(27)33(40)41/h1-2,5-14,16-17H,15H2,(H,34,36)(H,35,37)(H,38,39)(H,40,41). The molecule has 4 aromatic rings. The van der Waals surface area contributed by atoms with Gasteiger partial charge in [-0.15, -0.1) is 12.8 Å². The van der Waals surface area contributed by atoms with Gasteiger partial charge >= 0.3 is 11.9 Å². The van der Waals surface area contributed by atoms with Crippen molar-refractivity contribution in [2.24, 2.45) is 0 Å². The van der Waals surface area contributed by atoms with E-state index in [1.165, 1.54) is 36.4 Å². The summed E-state index contributed by atoms with van der Waals surface area (Å²) < 4.78 is 0. The van der Waals surface area contributed by atoms with E-state index >= 15 is 0 Å². The Morgan fingerprint density at radius 3 is 1.37 bits per heavy atom. The Morgan fingerprint density at radius 1 is 0.585 bits per heavy atom. The molecule has 0 aliphatic heterocycles. The number of carbonyl (C=O) groups is 4. The number of carboxylic acid groups (broad SMARTS) is 2. The number of carboxylic acids is 2. The van der Waals surface area contributed by atoms with Crippen LogP contribution in [0.4, 0.5) is 11.4 Å². The zero-order valence-corrected chi connectivity index (χ0v) is 21.3. The molecule has 0 heterocycles. The van der Waals surface area contributed by atoms with Gasteiger partial charge in [-0.3, -0.25) is 9.59 Å². The van der Waals surface area contributed by atoms with E-state index in [-0.39, 0.29) is 22.3 Å². The third kappa shape index (κ3) is 5.14. The predicted octanol–water partition coefficient (Wildman–Crippen LogP) is 5.12. The summed E-state index contributed by atoms with van der Waals surface area (Å²) in [5.41, 5.74) is 5.06. The lowest BCUT2D eigenvalue weighted by Gasteiger charge is -2.10. The quantitative estimate of drug-likeness (QED) is 0.221. The minimum Gasteiger partial charge on any atom is -0.478 e. The van der Waals surface area contributed by atoms with Gasteiger partial charge in [-0.25, -0.2) is 9.59 Å². The highest BCUT2D eigenvalue weighted by Crippen LogP contribution is 2.39. The summed E-state index contributed by atoms with van der Waals surface area (Å²) in [6.45, 7) is 0. The highest BCUT2D eigenvalue weighted by atomic mass is 16.4. The van der Waals surface area contributed by atoms with E-state index < -0.39 is 23.8 Å². The number of hydrogen-bond donors (Lipinski definition) is 4. The second-order valence-electron chi connectivity index (χ2n) is 9.25. The first kappa shape index (κ1) is 26.5. The number of aromatic carboxylic acids is 2. The molecule has 198 valence electrons. The van der Waals surface area contributed by atoms with Gasteiger partial charge in [-0.1, -0.05) is 24.0 Å². The maximum Gasteiger partial charge on any atom is 0.336 e. The number of benzene rings is 4. The molecule has 4 aromatic carbocycles. The molecule has 5 rings (SSSR count). The van der Waals surface area contributed by atoms with Crippen LogP contribution in [0, 0.1) is 24.7 Å². The maximum atomic E-state index is 12.9. The maximum absolute atomic E-state index is 12.9. The van der Waals surface area contributed by atoms with Gasteiger partial charge in [-0.05, 0) is 89.3 Å². The number of anilines is 2. The number of fused-ring (bicyclic) bond motifs is 3. The van der Waals surface area contributed by atoms with E-state index in [1.54, 1.807) is 12.1 Å². The predicted molar refractivity (Wildman–Crippen MR) is 153 cm³/mol. The van der Waals surface area contributed by atoms with Gasteiger partial charge in [0.1, 0.15) is 0 Å². The molecule has 8 nitrogen and oxygen atoms in total. The summed E-state index contributed by atoms with van der Waals surface area (Å²) in [5, 5.41) is 24.5. The molecule has 0 aromatic heterocycles. The number of amides is 2. The van der Waals surface area contributed by atoms with Crippen LogP contribution in [0.5, 0.6) is 0 Å². The molecule has 0 fully saturated rings. The van der Waals surface area contributed by atoms with E-state index in [0.29, 0.717) is 28.9 Å². The third-order valence-corrected chi connectivity index (χ3v) is 6.72. The van der Waals surface area contributed by atoms with Crippen molar-refractivity contribution in [1.29, 1.82) is 0 Å². The summed E-state index contributed by atoms with van der Waals surface area (Å²) in [4.78, 5) is 49.2. The summed E-state index contributed by atoms with van der Waals surface area (Å²) in [6, 6.07) is 19.1. The first-order valence-corrected chi connectivity index (χ1v) is 12.3. The van der Waals surface area contributed by atoms with Crippen molar-refractivity contribution in [3.05, 3.63) is 117 Å². The highest BCUT2D eigenvalue weighted by Gasteiger charge is 2.22. The first-order valence-electron chi connectivity index (χ1n) is 12.3. The van der Waals surface area contributed by atoms with Crippen LogP contribution < -0.4 is 10.6 Å². The normalized spacial score (nSPS) is 10.9. The molecular weight excluding hydrogens is 520 g/mol. The average Bonchev–Trinajstić information content (AvgIpc) is 3.33. The number of nitrogens with one attached hydrogen (secondary N) is 2. The molecule has 0 saturated heterocycles. The lowest BCUT2D eigenvalue weighted by Crippen LogP contribution is -2.16. The highest BCUT2D eigenvalue weighted by molar-refractivity contribution is 6.12. The van der Waals surface area contributed by atoms with E-state index in [9.17, 15) is 29.4 Å². The second kappa shape index (κ2) is 10.6. The Kier molecular flexibility index (Phi) is 6.82. The van der Waals surface area contributed by atoms with E-state index in [0.717, 1.165) is 22.3 Å². The van der Waals surface area contributed by atoms with Crippen molar-refractivity contribution in [2.75, 3.05) is 10.6 Å². The molecular formula is C33H20N2O6. The molecule has 0 bridgehead atoms. The van der Waals surface area contributed by atoms with Gasteiger partial charge in [0.25, 0.3) is 11.8 Å². The van der Waals surface area contributed by atoms with E-state index in [2.05, 4.69) is 22.5 Å². The van der Waals surface area contributed by atoms with E-state index in [1.807, 2.05) is 24.3 Å². The van der Waals surface area contributed by atoms with Crippen molar-refractivity contribution in [1.82, 2.24) is 0 Å². The summed E-state index contributed by atoms with van der Waals surface area (Å²) in [6.07, 6.45) is 11.2. The van der Waals surface area contributed by atoms with Gasteiger partial charge < -0.3 is 20.8 Å². The van der Waals surface area contributed by atoms with Crippen LogP contribution in [0.25, 0.3) is 11.1 Å². The number of terminal acetylenes is 2. The summed E-state index contributed by atoms with van der Waals surface area (Å²) in [5.74, 6) is 1.04. The van der Waals surface area contributed by atoms with Gasteiger partial charge in [0.05, 0.1) is 22.3 Å². The molecule has 8 heteroatoms. The molecule has 2 amide bonds. The van der Waals surface area contributed by atoms with Crippen molar-refractivity contribution < 1.29 is 29.4 Å². The molecule has 1 aliphatic rings. The Morgan fingerprint density at radius 2 is 1.00 bits per heavy atom. The summed E-state index contributed by atoms with van der Waals surface area (Å²) >= 11 is 0. The molecule has 1 aliphatic carbocycles. The SMILES string of the molecule is C#Cc1ccc(C(=O)Nc2ccc3c(c2)Cc2cc(NC(=O)c4ccc(C#C)cc4C(=O)O)ccc2-3)c(C(=O)O)c1. The minimum absolute atomic E-state index is 0.0133. The largest absolute Gasteiger partial charge is 0.478 e. The van der Waals surface area contributed by atoms with Gasteiger partial charge in [0.15, 0.2) is 0 Å². The van der Waals surface area contributed by atoms with Crippen LogP contribution in [0.1, 0.15) is 63.7 Å². The topological polar surface area (TPSA) is 133 Å². The molecule has 0 spiro atoms. The monoisotopic (exact) mass is 540 g/mol. The van der Waals surface area contributed by atoms with Gasteiger partial charge in [0, 0.05) is 22.5 Å². The van der Waals surface area contributed by atoms with E-state index in [4.69, 9.17) is 12.8 Å². The fraction of sp³-hybridized carbons (Fsp3) is 0.0303. The van der Waals surface area contributed by atoms with Crippen LogP contribution in [0.3, 0.4) is 0 Å².